The van der Waals surface area contributed by atoms with E-state index in [0.717, 1.165) is 13.2 Å². The summed E-state index contributed by atoms with van der Waals surface area (Å²) in [7, 11) is 0. The predicted molar refractivity (Wildman–Crippen MR) is 81.8 cm³/mol. The van der Waals surface area contributed by atoms with Gasteiger partial charge in [-0.3, -0.25) is 0 Å². The number of hydrogen-bond donors (Lipinski definition) is 1. The zero-order valence-corrected chi connectivity index (χ0v) is 12.7. The van der Waals surface area contributed by atoms with Crippen molar-refractivity contribution in [2.75, 3.05) is 26.4 Å². The summed E-state index contributed by atoms with van der Waals surface area (Å²) in [6, 6.07) is 11.2. The summed E-state index contributed by atoms with van der Waals surface area (Å²) in [4.78, 5) is 0. The van der Waals surface area contributed by atoms with E-state index < -0.39 is 0 Å². The maximum atomic E-state index is 6.00. The monoisotopic (exact) mass is 277 g/mol. The molecule has 3 nitrogen and oxygen atoms in total. The highest BCUT2D eigenvalue weighted by Crippen LogP contribution is 2.22. The third-order valence-electron chi connectivity index (χ3n) is 3.34. The summed E-state index contributed by atoms with van der Waals surface area (Å²) in [5, 5.41) is 3.55. The van der Waals surface area contributed by atoms with Crippen molar-refractivity contribution in [1.29, 1.82) is 0 Å². The van der Waals surface area contributed by atoms with Crippen LogP contribution in [0.15, 0.2) is 30.3 Å². The SMILES string of the molecule is CC(C)COCCOC(CNC1CC1)c1ccccc1. The molecule has 2 rings (SSSR count). The zero-order valence-electron chi connectivity index (χ0n) is 12.7. The highest BCUT2D eigenvalue weighted by Gasteiger charge is 2.22. The summed E-state index contributed by atoms with van der Waals surface area (Å²) < 4.78 is 11.6. The highest BCUT2D eigenvalue weighted by atomic mass is 16.5. The van der Waals surface area contributed by atoms with E-state index in [-0.39, 0.29) is 6.10 Å². The molecule has 1 fully saturated rings. The summed E-state index contributed by atoms with van der Waals surface area (Å²) in [5.41, 5.74) is 1.24. The van der Waals surface area contributed by atoms with E-state index in [2.05, 4.69) is 43.4 Å². The minimum Gasteiger partial charge on any atom is -0.379 e. The molecule has 20 heavy (non-hydrogen) atoms. The van der Waals surface area contributed by atoms with E-state index in [4.69, 9.17) is 9.47 Å². The lowest BCUT2D eigenvalue weighted by atomic mass is 10.1. The lowest BCUT2D eigenvalue weighted by Gasteiger charge is -2.19. The smallest absolute Gasteiger partial charge is 0.0950 e. The van der Waals surface area contributed by atoms with Gasteiger partial charge in [0.2, 0.25) is 0 Å². The van der Waals surface area contributed by atoms with Gasteiger partial charge in [-0.05, 0) is 24.3 Å². The van der Waals surface area contributed by atoms with Gasteiger partial charge >= 0.3 is 0 Å². The molecule has 0 bridgehead atoms. The third kappa shape index (κ3) is 6.04. The quantitative estimate of drug-likeness (QED) is 0.666. The Morgan fingerprint density at radius 1 is 1.15 bits per heavy atom. The molecule has 0 aliphatic heterocycles. The Morgan fingerprint density at radius 2 is 1.90 bits per heavy atom. The average molecular weight is 277 g/mol. The Balaban J connectivity index is 1.73. The predicted octanol–water partition coefficient (Wildman–Crippen LogP) is 3.17. The minimum absolute atomic E-state index is 0.124. The molecule has 1 atom stereocenters. The van der Waals surface area contributed by atoms with E-state index >= 15 is 0 Å². The summed E-state index contributed by atoms with van der Waals surface area (Å²) in [5.74, 6) is 0.580. The molecule has 1 N–H and O–H groups in total. The third-order valence-corrected chi connectivity index (χ3v) is 3.34. The fourth-order valence-corrected chi connectivity index (χ4v) is 2.07. The van der Waals surface area contributed by atoms with E-state index in [1.165, 1.54) is 18.4 Å². The minimum atomic E-state index is 0.124. The van der Waals surface area contributed by atoms with Crippen LogP contribution >= 0.6 is 0 Å². The van der Waals surface area contributed by atoms with Crippen LogP contribution < -0.4 is 5.32 Å². The summed E-state index contributed by atoms with van der Waals surface area (Å²) in [6.45, 7) is 7.34. The van der Waals surface area contributed by atoms with Gasteiger partial charge in [-0.1, -0.05) is 44.2 Å². The normalized spacial score (nSPS) is 16.6. The Hall–Kier alpha value is -0.900. The zero-order chi connectivity index (χ0) is 14.2. The van der Waals surface area contributed by atoms with Crippen molar-refractivity contribution in [3.8, 4) is 0 Å². The molecule has 112 valence electrons. The first-order valence-electron chi connectivity index (χ1n) is 7.73. The van der Waals surface area contributed by atoms with Crippen LogP contribution in [-0.4, -0.2) is 32.4 Å². The maximum absolute atomic E-state index is 6.00. The van der Waals surface area contributed by atoms with Crippen LogP contribution in [0.25, 0.3) is 0 Å². The Morgan fingerprint density at radius 3 is 2.55 bits per heavy atom. The first-order chi connectivity index (χ1) is 9.75. The molecule has 1 unspecified atom stereocenters. The van der Waals surface area contributed by atoms with Gasteiger partial charge in [0.15, 0.2) is 0 Å². The fraction of sp³-hybridized carbons (Fsp3) is 0.647. The van der Waals surface area contributed by atoms with E-state index in [0.29, 0.717) is 25.2 Å². The lowest BCUT2D eigenvalue weighted by molar-refractivity contribution is -0.00143. The van der Waals surface area contributed by atoms with Crippen molar-refractivity contribution in [2.24, 2.45) is 5.92 Å². The maximum Gasteiger partial charge on any atom is 0.0950 e. The topological polar surface area (TPSA) is 30.5 Å². The van der Waals surface area contributed by atoms with Crippen molar-refractivity contribution in [3.63, 3.8) is 0 Å². The molecule has 1 aromatic carbocycles. The van der Waals surface area contributed by atoms with Crippen LogP contribution in [0.3, 0.4) is 0 Å². The van der Waals surface area contributed by atoms with Gasteiger partial charge in [0, 0.05) is 19.2 Å². The molecule has 1 aromatic rings. The van der Waals surface area contributed by atoms with Crippen molar-refractivity contribution >= 4 is 0 Å². The van der Waals surface area contributed by atoms with Gasteiger partial charge in [0.1, 0.15) is 0 Å². The second-order valence-electron chi connectivity index (χ2n) is 5.92. The summed E-state index contributed by atoms with van der Waals surface area (Å²) in [6.07, 6.45) is 2.73. The summed E-state index contributed by atoms with van der Waals surface area (Å²) >= 11 is 0. The van der Waals surface area contributed by atoms with Crippen LogP contribution in [0, 0.1) is 5.92 Å². The standard InChI is InChI=1S/C17H27NO2/c1-14(2)13-19-10-11-20-17(12-18-16-8-9-16)15-6-4-3-5-7-15/h3-7,14,16-18H,8-13H2,1-2H3. The molecule has 0 spiro atoms. The fourth-order valence-electron chi connectivity index (χ4n) is 2.07. The first-order valence-corrected chi connectivity index (χ1v) is 7.73. The van der Waals surface area contributed by atoms with Gasteiger partial charge in [-0.15, -0.1) is 0 Å². The molecule has 0 saturated heterocycles. The second kappa shape index (κ2) is 8.40. The highest BCUT2D eigenvalue weighted by molar-refractivity contribution is 5.18. The van der Waals surface area contributed by atoms with Crippen LogP contribution in [0.1, 0.15) is 38.4 Å². The molecule has 0 heterocycles. The van der Waals surface area contributed by atoms with E-state index in [1.54, 1.807) is 0 Å². The lowest BCUT2D eigenvalue weighted by Crippen LogP contribution is -2.26. The Kier molecular flexibility index (Phi) is 6.51. The molecular formula is C17H27NO2. The van der Waals surface area contributed by atoms with Gasteiger partial charge < -0.3 is 14.8 Å². The Bertz CT molecular complexity index is 363. The molecule has 1 saturated carbocycles. The number of nitrogens with one attached hydrogen (secondary N) is 1. The Labute approximate surface area is 122 Å². The molecule has 3 heteroatoms. The second-order valence-corrected chi connectivity index (χ2v) is 5.92. The van der Waals surface area contributed by atoms with Gasteiger partial charge in [-0.2, -0.15) is 0 Å². The largest absolute Gasteiger partial charge is 0.379 e. The van der Waals surface area contributed by atoms with Gasteiger partial charge in [0.05, 0.1) is 19.3 Å². The molecular weight excluding hydrogens is 250 g/mol. The van der Waals surface area contributed by atoms with E-state index in [1.807, 2.05) is 6.07 Å². The van der Waals surface area contributed by atoms with Crippen LogP contribution in [-0.2, 0) is 9.47 Å². The molecule has 1 aliphatic carbocycles. The number of rotatable bonds is 10. The van der Waals surface area contributed by atoms with Gasteiger partial charge in [0.25, 0.3) is 0 Å². The average Bonchev–Trinajstić information content (AvgIpc) is 3.26. The molecule has 0 amide bonds. The van der Waals surface area contributed by atoms with Crippen molar-refractivity contribution in [2.45, 2.75) is 38.8 Å². The molecule has 0 radical (unpaired) electrons. The van der Waals surface area contributed by atoms with Crippen molar-refractivity contribution < 1.29 is 9.47 Å². The first kappa shape index (κ1) is 15.5. The molecule has 0 aromatic heterocycles. The van der Waals surface area contributed by atoms with Crippen LogP contribution in [0.2, 0.25) is 0 Å². The van der Waals surface area contributed by atoms with Crippen LogP contribution in [0.5, 0.6) is 0 Å². The number of benzene rings is 1. The van der Waals surface area contributed by atoms with Crippen molar-refractivity contribution in [3.05, 3.63) is 35.9 Å². The van der Waals surface area contributed by atoms with Crippen LogP contribution in [0.4, 0.5) is 0 Å². The number of ether oxygens (including phenoxy) is 2. The number of hydrogen-bond acceptors (Lipinski definition) is 3. The van der Waals surface area contributed by atoms with E-state index in [9.17, 15) is 0 Å². The van der Waals surface area contributed by atoms with Gasteiger partial charge in [-0.25, -0.2) is 0 Å². The molecule has 1 aliphatic rings. The van der Waals surface area contributed by atoms with Crippen molar-refractivity contribution in [1.82, 2.24) is 5.32 Å².